The quantitative estimate of drug-likeness (QED) is 0.667. The number of rotatable bonds is 5. The van der Waals surface area contributed by atoms with Crippen LogP contribution in [0.3, 0.4) is 0 Å². The van der Waals surface area contributed by atoms with E-state index < -0.39 is 5.82 Å². The van der Waals surface area contributed by atoms with Crippen molar-refractivity contribution in [1.29, 1.82) is 0 Å². The van der Waals surface area contributed by atoms with Crippen LogP contribution in [0.4, 0.5) is 4.39 Å². The number of amides is 2. The molecule has 1 saturated heterocycles. The molecule has 0 aromatic heterocycles. The number of nitrogens with one attached hydrogen (secondary N) is 1. The first kappa shape index (κ1) is 19.6. The SMILES string of the molecule is O=C(COc1ccc(I)cc1)NC1CCN(C(=O)c2ccccc2F)CC1. The summed E-state index contributed by atoms with van der Waals surface area (Å²) in [4.78, 5) is 26.1. The molecule has 3 rings (SSSR count). The number of benzene rings is 2. The first-order chi connectivity index (χ1) is 13.0. The molecular formula is C20H20FIN2O3. The Morgan fingerprint density at radius 1 is 1.11 bits per heavy atom. The van der Waals surface area contributed by atoms with Crippen molar-refractivity contribution in [3.05, 3.63) is 63.5 Å². The molecule has 2 aromatic rings. The van der Waals surface area contributed by atoms with Gasteiger partial charge in [0.05, 0.1) is 5.56 Å². The Balaban J connectivity index is 1.43. The third-order valence-corrected chi connectivity index (χ3v) is 5.15. The van der Waals surface area contributed by atoms with Crippen LogP contribution in [0.1, 0.15) is 23.2 Å². The Morgan fingerprint density at radius 2 is 1.78 bits per heavy atom. The van der Waals surface area contributed by atoms with Crippen molar-refractivity contribution in [1.82, 2.24) is 10.2 Å². The Hall–Kier alpha value is -2.16. The summed E-state index contributed by atoms with van der Waals surface area (Å²) in [6.45, 7) is 0.918. The summed E-state index contributed by atoms with van der Waals surface area (Å²) in [5.74, 6) is -0.353. The number of hydrogen-bond acceptors (Lipinski definition) is 3. The van der Waals surface area contributed by atoms with Crippen LogP contribution < -0.4 is 10.1 Å². The summed E-state index contributed by atoms with van der Waals surface area (Å²) in [6, 6.07) is 13.4. The van der Waals surface area contributed by atoms with Gasteiger partial charge in [0.2, 0.25) is 0 Å². The summed E-state index contributed by atoms with van der Waals surface area (Å²) >= 11 is 2.20. The highest BCUT2D eigenvalue weighted by Crippen LogP contribution is 2.16. The number of likely N-dealkylation sites (tertiary alicyclic amines) is 1. The molecule has 0 aliphatic carbocycles. The van der Waals surface area contributed by atoms with E-state index in [2.05, 4.69) is 27.9 Å². The normalized spacial score (nSPS) is 14.7. The minimum Gasteiger partial charge on any atom is -0.484 e. The Bertz CT molecular complexity index is 805. The van der Waals surface area contributed by atoms with Crippen LogP contribution in [0.15, 0.2) is 48.5 Å². The maximum absolute atomic E-state index is 13.8. The van der Waals surface area contributed by atoms with Gasteiger partial charge in [0.15, 0.2) is 6.61 Å². The van der Waals surface area contributed by atoms with Crippen molar-refractivity contribution in [3.8, 4) is 5.75 Å². The minimum atomic E-state index is -0.509. The zero-order valence-electron chi connectivity index (χ0n) is 14.7. The average molecular weight is 482 g/mol. The molecule has 0 bridgehead atoms. The number of carbonyl (C=O) groups excluding carboxylic acids is 2. The third-order valence-electron chi connectivity index (χ3n) is 4.44. The van der Waals surface area contributed by atoms with Gasteiger partial charge in [-0.2, -0.15) is 0 Å². The molecule has 1 fully saturated rings. The molecule has 1 heterocycles. The predicted molar refractivity (Wildman–Crippen MR) is 108 cm³/mol. The lowest BCUT2D eigenvalue weighted by molar-refractivity contribution is -0.124. The highest BCUT2D eigenvalue weighted by atomic mass is 127. The van der Waals surface area contributed by atoms with Gasteiger partial charge in [0, 0.05) is 22.7 Å². The fourth-order valence-corrected chi connectivity index (χ4v) is 3.34. The van der Waals surface area contributed by atoms with Crippen molar-refractivity contribution >= 4 is 34.4 Å². The second-order valence-electron chi connectivity index (χ2n) is 6.36. The molecule has 0 saturated carbocycles. The molecule has 0 radical (unpaired) electrons. The lowest BCUT2D eigenvalue weighted by atomic mass is 10.0. The smallest absolute Gasteiger partial charge is 0.258 e. The molecule has 5 nitrogen and oxygen atoms in total. The van der Waals surface area contributed by atoms with E-state index in [1.54, 1.807) is 17.0 Å². The monoisotopic (exact) mass is 482 g/mol. The van der Waals surface area contributed by atoms with Crippen LogP contribution in [0.5, 0.6) is 5.75 Å². The first-order valence-electron chi connectivity index (χ1n) is 8.74. The summed E-state index contributed by atoms with van der Waals surface area (Å²) in [5.41, 5.74) is 0.0888. The molecule has 0 unspecified atom stereocenters. The zero-order chi connectivity index (χ0) is 19.2. The molecule has 142 valence electrons. The van der Waals surface area contributed by atoms with Gasteiger partial charge in [0.25, 0.3) is 11.8 Å². The number of nitrogens with zero attached hydrogens (tertiary/aromatic N) is 1. The number of carbonyl (C=O) groups is 2. The van der Waals surface area contributed by atoms with Crippen molar-refractivity contribution in [3.63, 3.8) is 0 Å². The van der Waals surface area contributed by atoms with Crippen molar-refractivity contribution < 1.29 is 18.7 Å². The van der Waals surface area contributed by atoms with Crippen LogP contribution in [-0.2, 0) is 4.79 Å². The lowest BCUT2D eigenvalue weighted by Crippen LogP contribution is -2.47. The van der Waals surface area contributed by atoms with E-state index in [1.807, 2.05) is 24.3 Å². The van der Waals surface area contributed by atoms with Crippen LogP contribution in [0, 0.1) is 9.39 Å². The van der Waals surface area contributed by atoms with Crippen molar-refractivity contribution in [2.45, 2.75) is 18.9 Å². The number of halogens is 2. The van der Waals surface area contributed by atoms with Gasteiger partial charge in [-0.15, -0.1) is 0 Å². The van der Waals surface area contributed by atoms with Gasteiger partial charge in [-0.25, -0.2) is 4.39 Å². The second kappa shape index (κ2) is 9.16. The topological polar surface area (TPSA) is 58.6 Å². The third kappa shape index (κ3) is 5.41. The van der Waals surface area contributed by atoms with Gasteiger partial charge in [0.1, 0.15) is 11.6 Å². The molecule has 27 heavy (non-hydrogen) atoms. The Morgan fingerprint density at radius 3 is 2.44 bits per heavy atom. The van der Waals surface area contributed by atoms with Gasteiger partial charge in [-0.1, -0.05) is 12.1 Å². The first-order valence-corrected chi connectivity index (χ1v) is 9.82. The van der Waals surface area contributed by atoms with Gasteiger partial charge in [-0.3, -0.25) is 9.59 Å². The largest absolute Gasteiger partial charge is 0.484 e. The maximum atomic E-state index is 13.8. The molecule has 2 aromatic carbocycles. The maximum Gasteiger partial charge on any atom is 0.258 e. The van der Waals surface area contributed by atoms with Crippen molar-refractivity contribution in [2.75, 3.05) is 19.7 Å². The molecule has 7 heteroatoms. The highest BCUT2D eigenvalue weighted by molar-refractivity contribution is 14.1. The number of hydrogen-bond donors (Lipinski definition) is 1. The molecule has 1 N–H and O–H groups in total. The molecule has 2 amide bonds. The van der Waals surface area contributed by atoms with Gasteiger partial charge in [-0.05, 0) is 71.8 Å². The summed E-state index contributed by atoms with van der Waals surface area (Å²) in [6.07, 6.45) is 1.27. The van der Waals surface area contributed by atoms with Gasteiger partial charge >= 0.3 is 0 Å². The summed E-state index contributed by atoms with van der Waals surface area (Å²) in [7, 11) is 0. The second-order valence-corrected chi connectivity index (χ2v) is 7.60. The predicted octanol–water partition coefficient (Wildman–Crippen LogP) is 3.23. The fourth-order valence-electron chi connectivity index (χ4n) is 2.98. The minimum absolute atomic E-state index is 0.0116. The Labute approximate surface area is 171 Å². The van der Waals surface area contributed by atoms with E-state index in [4.69, 9.17) is 4.74 Å². The van der Waals surface area contributed by atoms with E-state index >= 15 is 0 Å². The summed E-state index contributed by atoms with van der Waals surface area (Å²) in [5, 5.41) is 2.93. The highest BCUT2D eigenvalue weighted by Gasteiger charge is 2.25. The molecule has 0 spiro atoms. The fraction of sp³-hybridized carbons (Fsp3) is 0.300. The standard InChI is InChI=1S/C20H20FIN2O3/c21-18-4-2-1-3-17(18)20(26)24-11-9-15(10-12-24)23-19(25)13-27-16-7-5-14(22)6-8-16/h1-8,15H,9-13H2,(H,23,25). The van der Waals surface area contributed by atoms with Crippen molar-refractivity contribution in [2.24, 2.45) is 0 Å². The van der Waals surface area contributed by atoms with E-state index in [0.29, 0.717) is 31.7 Å². The summed E-state index contributed by atoms with van der Waals surface area (Å²) < 4.78 is 20.3. The molecular weight excluding hydrogens is 462 g/mol. The van der Waals surface area contributed by atoms with E-state index in [-0.39, 0.29) is 30.0 Å². The van der Waals surface area contributed by atoms with E-state index in [1.165, 1.54) is 12.1 Å². The van der Waals surface area contributed by atoms with E-state index in [9.17, 15) is 14.0 Å². The van der Waals surface area contributed by atoms with Crippen LogP contribution >= 0.6 is 22.6 Å². The Kier molecular flexibility index (Phi) is 6.65. The van der Waals surface area contributed by atoms with Crippen LogP contribution in [0.25, 0.3) is 0 Å². The van der Waals surface area contributed by atoms with Gasteiger partial charge < -0.3 is 15.0 Å². The molecule has 1 aliphatic rings. The average Bonchev–Trinajstić information content (AvgIpc) is 2.68. The van der Waals surface area contributed by atoms with E-state index in [0.717, 1.165) is 3.57 Å². The van der Waals surface area contributed by atoms with Crippen LogP contribution in [0.2, 0.25) is 0 Å². The number of piperidine rings is 1. The molecule has 0 atom stereocenters. The lowest BCUT2D eigenvalue weighted by Gasteiger charge is -2.32. The molecule has 1 aliphatic heterocycles. The van der Waals surface area contributed by atoms with Crippen LogP contribution in [-0.4, -0.2) is 42.5 Å². The zero-order valence-corrected chi connectivity index (χ0v) is 16.8. The number of ether oxygens (including phenoxy) is 1.